The molecule has 0 heterocycles. The van der Waals surface area contributed by atoms with Crippen LogP contribution in [0.5, 0.6) is 0 Å². The summed E-state index contributed by atoms with van der Waals surface area (Å²) >= 11 is 0. The van der Waals surface area contributed by atoms with Crippen LogP contribution in [0.3, 0.4) is 0 Å². The number of carbonyl (C=O) groups excluding carboxylic acids is 2. The van der Waals surface area contributed by atoms with Gasteiger partial charge in [0.2, 0.25) is 11.8 Å². The molecule has 7 nitrogen and oxygen atoms in total. The van der Waals surface area contributed by atoms with Crippen molar-refractivity contribution in [1.82, 2.24) is 10.2 Å². The van der Waals surface area contributed by atoms with Gasteiger partial charge in [-0.2, -0.15) is 0 Å². The van der Waals surface area contributed by atoms with Gasteiger partial charge in [-0.1, -0.05) is 68.8 Å². The minimum absolute atomic E-state index is 0.00214. The molecule has 0 saturated carbocycles. The molecule has 0 fully saturated rings. The summed E-state index contributed by atoms with van der Waals surface area (Å²) in [5.74, 6) is -1.32. The Morgan fingerprint density at radius 2 is 1.51 bits per heavy atom. The first kappa shape index (κ1) is 29.8. The van der Waals surface area contributed by atoms with Gasteiger partial charge in [0.25, 0.3) is 10.0 Å². The lowest BCUT2D eigenvalue weighted by molar-refractivity contribution is -0.139. The average Bonchev–Trinajstić information content (AvgIpc) is 2.95. The molecule has 0 radical (unpaired) electrons. The molecule has 1 atom stereocenters. The molecule has 2 amide bonds. The number of benzene rings is 3. The molecule has 0 aliphatic carbocycles. The Bertz CT molecular complexity index is 1300. The Balaban J connectivity index is 1.96. The van der Waals surface area contributed by atoms with Crippen molar-refractivity contribution in [3.05, 3.63) is 96.3 Å². The van der Waals surface area contributed by atoms with Gasteiger partial charge in [-0.25, -0.2) is 12.8 Å². The molecule has 3 aromatic rings. The van der Waals surface area contributed by atoms with E-state index in [-0.39, 0.29) is 23.0 Å². The maximum absolute atomic E-state index is 13.9. The summed E-state index contributed by atoms with van der Waals surface area (Å²) in [6, 6.07) is 21.5. The fourth-order valence-electron chi connectivity index (χ4n) is 4.26. The van der Waals surface area contributed by atoms with Crippen LogP contribution >= 0.6 is 0 Å². The van der Waals surface area contributed by atoms with Gasteiger partial charge in [0.1, 0.15) is 18.4 Å². The summed E-state index contributed by atoms with van der Waals surface area (Å²) in [5, 5.41) is 2.91. The first-order valence-corrected chi connectivity index (χ1v) is 14.7. The highest BCUT2D eigenvalue weighted by Gasteiger charge is 2.33. The third-order valence-corrected chi connectivity index (χ3v) is 8.21. The van der Waals surface area contributed by atoms with Crippen molar-refractivity contribution in [3.8, 4) is 0 Å². The molecule has 39 heavy (non-hydrogen) atoms. The second-order valence-corrected chi connectivity index (χ2v) is 11.1. The number of hydrogen-bond acceptors (Lipinski definition) is 4. The average molecular weight is 554 g/mol. The van der Waals surface area contributed by atoms with Crippen molar-refractivity contribution in [2.75, 3.05) is 23.9 Å². The van der Waals surface area contributed by atoms with Gasteiger partial charge in [0.05, 0.1) is 10.6 Å². The zero-order chi connectivity index (χ0) is 28.3. The number of carbonyl (C=O) groups is 2. The Labute approximate surface area is 230 Å². The number of anilines is 1. The molecule has 3 rings (SSSR count). The summed E-state index contributed by atoms with van der Waals surface area (Å²) in [4.78, 5) is 28.5. The topological polar surface area (TPSA) is 86.8 Å². The summed E-state index contributed by atoms with van der Waals surface area (Å²) in [6.45, 7) is 4.03. The number of unbranched alkanes of at least 4 members (excludes halogenated alkanes) is 1. The van der Waals surface area contributed by atoms with E-state index in [0.717, 1.165) is 34.8 Å². The zero-order valence-electron chi connectivity index (χ0n) is 22.4. The third-order valence-electron chi connectivity index (χ3n) is 6.42. The Hall–Kier alpha value is -3.72. The molecule has 9 heteroatoms. The Kier molecular flexibility index (Phi) is 11.0. The van der Waals surface area contributed by atoms with Crippen molar-refractivity contribution in [1.29, 1.82) is 0 Å². The Morgan fingerprint density at radius 3 is 2.10 bits per heavy atom. The molecule has 1 N–H and O–H groups in total. The van der Waals surface area contributed by atoms with E-state index in [2.05, 4.69) is 5.32 Å². The first-order valence-electron chi connectivity index (χ1n) is 13.2. The lowest BCUT2D eigenvalue weighted by Crippen LogP contribution is -2.53. The van der Waals surface area contributed by atoms with E-state index in [1.165, 1.54) is 29.2 Å². The molecule has 3 aromatic carbocycles. The molecule has 0 bridgehead atoms. The molecule has 0 aliphatic rings. The highest BCUT2D eigenvalue weighted by molar-refractivity contribution is 7.92. The van der Waals surface area contributed by atoms with E-state index in [0.29, 0.717) is 19.4 Å². The van der Waals surface area contributed by atoms with E-state index in [4.69, 9.17) is 0 Å². The van der Waals surface area contributed by atoms with Gasteiger partial charge in [0.15, 0.2) is 0 Å². The van der Waals surface area contributed by atoms with Crippen LogP contribution in [0.1, 0.15) is 38.7 Å². The SMILES string of the molecule is CCCCNC(=O)C(CC)N(CCc1ccccc1)C(=O)CN(c1ccc(F)cc1)S(=O)(=O)c1ccccc1. The summed E-state index contributed by atoms with van der Waals surface area (Å²) in [5.41, 5.74) is 1.14. The highest BCUT2D eigenvalue weighted by Crippen LogP contribution is 2.24. The van der Waals surface area contributed by atoms with Gasteiger partial charge in [-0.05, 0) is 61.2 Å². The zero-order valence-corrected chi connectivity index (χ0v) is 23.2. The van der Waals surface area contributed by atoms with Gasteiger partial charge in [0, 0.05) is 13.1 Å². The van der Waals surface area contributed by atoms with Crippen LogP contribution in [-0.4, -0.2) is 50.8 Å². The van der Waals surface area contributed by atoms with Crippen molar-refractivity contribution in [3.63, 3.8) is 0 Å². The minimum Gasteiger partial charge on any atom is -0.354 e. The molecule has 208 valence electrons. The maximum atomic E-state index is 13.9. The fourth-order valence-corrected chi connectivity index (χ4v) is 5.69. The van der Waals surface area contributed by atoms with E-state index < -0.39 is 34.3 Å². The summed E-state index contributed by atoms with van der Waals surface area (Å²) < 4.78 is 42.0. The highest BCUT2D eigenvalue weighted by atomic mass is 32.2. The second-order valence-electron chi connectivity index (χ2n) is 9.19. The van der Waals surface area contributed by atoms with Crippen LogP contribution in [0.4, 0.5) is 10.1 Å². The predicted molar refractivity (Wildman–Crippen MR) is 151 cm³/mol. The largest absolute Gasteiger partial charge is 0.354 e. The maximum Gasteiger partial charge on any atom is 0.264 e. The number of halogens is 1. The summed E-state index contributed by atoms with van der Waals surface area (Å²) in [6.07, 6.45) is 2.58. The second kappa shape index (κ2) is 14.4. The summed E-state index contributed by atoms with van der Waals surface area (Å²) in [7, 11) is -4.17. The molecule has 0 spiro atoms. The van der Waals surface area contributed by atoms with E-state index in [1.807, 2.05) is 44.2 Å². The van der Waals surface area contributed by atoms with Crippen LogP contribution in [0, 0.1) is 5.82 Å². The van der Waals surface area contributed by atoms with Gasteiger partial charge in [-0.3, -0.25) is 13.9 Å². The lowest BCUT2D eigenvalue weighted by atomic mass is 10.1. The van der Waals surface area contributed by atoms with Crippen LogP contribution in [0.25, 0.3) is 0 Å². The Morgan fingerprint density at radius 1 is 0.897 bits per heavy atom. The van der Waals surface area contributed by atoms with Crippen LogP contribution in [0.15, 0.2) is 89.8 Å². The van der Waals surface area contributed by atoms with E-state index in [9.17, 15) is 22.4 Å². The van der Waals surface area contributed by atoms with Crippen molar-refractivity contribution in [2.24, 2.45) is 0 Å². The van der Waals surface area contributed by atoms with Crippen LogP contribution < -0.4 is 9.62 Å². The molecule has 0 aliphatic heterocycles. The number of sulfonamides is 1. The molecule has 1 unspecified atom stereocenters. The van der Waals surface area contributed by atoms with E-state index in [1.54, 1.807) is 18.2 Å². The van der Waals surface area contributed by atoms with Gasteiger partial charge >= 0.3 is 0 Å². The fraction of sp³-hybridized carbons (Fsp3) is 0.333. The quantitative estimate of drug-likeness (QED) is 0.291. The number of amides is 2. The van der Waals surface area contributed by atoms with Gasteiger partial charge in [-0.15, -0.1) is 0 Å². The number of nitrogens with zero attached hydrogens (tertiary/aromatic N) is 2. The smallest absolute Gasteiger partial charge is 0.264 e. The van der Waals surface area contributed by atoms with Crippen molar-refractivity contribution >= 4 is 27.5 Å². The van der Waals surface area contributed by atoms with Crippen molar-refractivity contribution in [2.45, 2.75) is 50.5 Å². The van der Waals surface area contributed by atoms with Crippen LogP contribution in [-0.2, 0) is 26.0 Å². The van der Waals surface area contributed by atoms with Crippen LogP contribution in [0.2, 0.25) is 0 Å². The van der Waals surface area contributed by atoms with Crippen molar-refractivity contribution < 1.29 is 22.4 Å². The third kappa shape index (κ3) is 8.13. The van der Waals surface area contributed by atoms with Gasteiger partial charge < -0.3 is 10.2 Å². The molecule has 0 aromatic heterocycles. The monoisotopic (exact) mass is 553 g/mol. The minimum atomic E-state index is -4.17. The predicted octanol–water partition coefficient (Wildman–Crippen LogP) is 4.79. The van der Waals surface area contributed by atoms with E-state index >= 15 is 0 Å². The first-order chi connectivity index (χ1) is 18.8. The number of rotatable bonds is 14. The normalized spacial score (nSPS) is 12.0. The number of nitrogens with one attached hydrogen (secondary N) is 1. The lowest BCUT2D eigenvalue weighted by Gasteiger charge is -2.33. The number of hydrogen-bond donors (Lipinski definition) is 1. The molecule has 0 saturated heterocycles. The molecular formula is C30H36FN3O4S. The standard InChI is InChI=1S/C30H36FN3O4S/c1-3-5-21-32-30(36)28(4-2)33(22-20-24-12-8-6-9-13-24)29(35)23-34(26-18-16-25(31)17-19-26)39(37,38)27-14-10-7-11-15-27/h6-19,28H,3-5,20-23H2,1-2H3,(H,32,36). The molecular weight excluding hydrogens is 517 g/mol.